The van der Waals surface area contributed by atoms with Crippen molar-refractivity contribution in [3.05, 3.63) is 12.7 Å². The zero-order valence-electron chi connectivity index (χ0n) is 8.27. The minimum absolute atomic E-state index is 0.819. The maximum Gasteiger partial charge on any atom is -0.0322 e. The van der Waals surface area contributed by atoms with Crippen molar-refractivity contribution in [3.8, 4) is 0 Å². The third-order valence-electron chi connectivity index (χ3n) is 2.34. The fraction of sp³-hybridized carbons (Fsp3) is 0.818. The molecule has 0 heterocycles. The summed E-state index contributed by atoms with van der Waals surface area (Å²) in [6.45, 7) is 10.7. The normalized spacial score (nSPS) is 13.5. The Kier molecular flexibility index (Phi) is 6.30. The average Bonchev–Trinajstić information content (AvgIpc) is 1.97. The van der Waals surface area contributed by atoms with E-state index >= 15 is 0 Å². The van der Waals surface area contributed by atoms with Crippen LogP contribution in [0.2, 0.25) is 0 Å². The van der Waals surface area contributed by atoms with Crippen molar-refractivity contribution in [2.24, 2.45) is 11.8 Å². The fourth-order valence-corrected chi connectivity index (χ4v) is 1.40. The third-order valence-corrected chi connectivity index (χ3v) is 2.34. The van der Waals surface area contributed by atoms with Crippen LogP contribution in [0.15, 0.2) is 12.7 Å². The molecule has 1 unspecified atom stereocenters. The third kappa shape index (κ3) is 5.06. The summed E-state index contributed by atoms with van der Waals surface area (Å²) in [5.74, 6) is 1.69. The molecule has 0 saturated carbocycles. The van der Waals surface area contributed by atoms with E-state index in [9.17, 15) is 0 Å². The molecule has 0 aromatic carbocycles. The Balaban J connectivity index is 3.59. The summed E-state index contributed by atoms with van der Waals surface area (Å²) in [5, 5.41) is 0. The van der Waals surface area contributed by atoms with Crippen LogP contribution in [0.25, 0.3) is 0 Å². The molecule has 0 aliphatic carbocycles. The molecule has 0 aromatic rings. The van der Waals surface area contributed by atoms with Gasteiger partial charge in [-0.2, -0.15) is 0 Å². The van der Waals surface area contributed by atoms with Gasteiger partial charge in [-0.05, 0) is 24.7 Å². The van der Waals surface area contributed by atoms with Gasteiger partial charge in [0.05, 0.1) is 0 Å². The Morgan fingerprint density at radius 3 is 2.36 bits per heavy atom. The van der Waals surface area contributed by atoms with E-state index in [-0.39, 0.29) is 0 Å². The van der Waals surface area contributed by atoms with Gasteiger partial charge < -0.3 is 0 Å². The molecule has 0 aromatic heterocycles. The standard InChI is InChI=1S/C11H22/c1-5-7-9-11(8-6-2)10(3)4/h6,10-11H,2,5,7-9H2,1,3-4H3. The predicted octanol–water partition coefficient (Wildman–Crippen LogP) is 4.02. The molecule has 0 N–H and O–H groups in total. The lowest BCUT2D eigenvalue weighted by molar-refractivity contribution is 0.353. The highest BCUT2D eigenvalue weighted by Crippen LogP contribution is 2.21. The molecule has 1 atom stereocenters. The topological polar surface area (TPSA) is 0 Å². The highest BCUT2D eigenvalue weighted by atomic mass is 14.1. The Hall–Kier alpha value is -0.260. The molecule has 0 nitrogen and oxygen atoms in total. The van der Waals surface area contributed by atoms with Crippen LogP contribution in [0.4, 0.5) is 0 Å². The summed E-state index contributed by atoms with van der Waals surface area (Å²) < 4.78 is 0. The van der Waals surface area contributed by atoms with E-state index in [1.807, 2.05) is 0 Å². The van der Waals surface area contributed by atoms with Crippen molar-refractivity contribution in [1.29, 1.82) is 0 Å². The van der Waals surface area contributed by atoms with Crippen LogP contribution < -0.4 is 0 Å². The number of hydrogen-bond donors (Lipinski definition) is 0. The van der Waals surface area contributed by atoms with Crippen LogP contribution in [0, 0.1) is 11.8 Å². The Labute approximate surface area is 71.7 Å². The van der Waals surface area contributed by atoms with Crippen LogP contribution in [-0.4, -0.2) is 0 Å². The highest BCUT2D eigenvalue weighted by Gasteiger charge is 2.09. The van der Waals surface area contributed by atoms with E-state index < -0.39 is 0 Å². The van der Waals surface area contributed by atoms with E-state index in [1.165, 1.54) is 25.7 Å². The first-order chi connectivity index (χ1) is 5.22. The summed E-state index contributed by atoms with van der Waals surface area (Å²) in [7, 11) is 0. The first-order valence-electron chi connectivity index (χ1n) is 4.83. The summed E-state index contributed by atoms with van der Waals surface area (Å²) in [6.07, 6.45) is 7.31. The van der Waals surface area contributed by atoms with Gasteiger partial charge in [0.1, 0.15) is 0 Å². The van der Waals surface area contributed by atoms with E-state index in [1.54, 1.807) is 0 Å². The molecular formula is C11H22. The van der Waals surface area contributed by atoms with Crippen molar-refractivity contribution < 1.29 is 0 Å². The van der Waals surface area contributed by atoms with Gasteiger partial charge >= 0.3 is 0 Å². The van der Waals surface area contributed by atoms with Gasteiger partial charge in [-0.3, -0.25) is 0 Å². The van der Waals surface area contributed by atoms with Crippen LogP contribution in [0.5, 0.6) is 0 Å². The molecule has 0 aliphatic heterocycles. The predicted molar refractivity (Wildman–Crippen MR) is 52.7 cm³/mol. The summed E-state index contributed by atoms with van der Waals surface area (Å²) in [6, 6.07) is 0. The second-order valence-electron chi connectivity index (χ2n) is 3.67. The molecular weight excluding hydrogens is 132 g/mol. The minimum Gasteiger partial charge on any atom is -0.103 e. The van der Waals surface area contributed by atoms with Gasteiger partial charge in [0.15, 0.2) is 0 Å². The molecule has 0 amide bonds. The van der Waals surface area contributed by atoms with Crippen molar-refractivity contribution in [1.82, 2.24) is 0 Å². The average molecular weight is 154 g/mol. The minimum atomic E-state index is 0.819. The van der Waals surface area contributed by atoms with Gasteiger partial charge in [-0.15, -0.1) is 6.58 Å². The number of unbranched alkanes of at least 4 members (excludes halogenated alkanes) is 1. The molecule has 0 heteroatoms. The molecule has 0 radical (unpaired) electrons. The van der Waals surface area contributed by atoms with Gasteiger partial charge in [0.25, 0.3) is 0 Å². The molecule has 0 rings (SSSR count). The van der Waals surface area contributed by atoms with E-state index in [0.29, 0.717) is 0 Å². The Bertz CT molecular complexity index is 92.2. The number of hydrogen-bond acceptors (Lipinski definition) is 0. The van der Waals surface area contributed by atoms with Crippen LogP contribution in [0.1, 0.15) is 46.5 Å². The van der Waals surface area contributed by atoms with E-state index in [0.717, 1.165) is 11.8 Å². The lowest BCUT2D eigenvalue weighted by Crippen LogP contribution is -2.07. The molecule has 0 fully saturated rings. The summed E-state index contributed by atoms with van der Waals surface area (Å²) in [4.78, 5) is 0. The first kappa shape index (κ1) is 10.7. The second kappa shape index (κ2) is 6.45. The van der Waals surface area contributed by atoms with Gasteiger partial charge in [-0.25, -0.2) is 0 Å². The zero-order chi connectivity index (χ0) is 8.69. The lowest BCUT2D eigenvalue weighted by atomic mass is 9.88. The second-order valence-corrected chi connectivity index (χ2v) is 3.67. The molecule has 11 heavy (non-hydrogen) atoms. The molecule has 0 saturated heterocycles. The highest BCUT2D eigenvalue weighted by molar-refractivity contribution is 4.74. The van der Waals surface area contributed by atoms with Crippen LogP contribution >= 0.6 is 0 Å². The Morgan fingerprint density at radius 1 is 1.36 bits per heavy atom. The Morgan fingerprint density at radius 2 is 2.00 bits per heavy atom. The maximum absolute atomic E-state index is 3.79. The molecule has 0 spiro atoms. The molecule has 0 aliphatic rings. The van der Waals surface area contributed by atoms with Gasteiger partial charge in [-0.1, -0.05) is 39.7 Å². The van der Waals surface area contributed by atoms with E-state index in [4.69, 9.17) is 0 Å². The quantitative estimate of drug-likeness (QED) is 0.507. The smallest absolute Gasteiger partial charge is 0.0322 e. The lowest BCUT2D eigenvalue weighted by Gasteiger charge is -2.18. The number of rotatable bonds is 6. The fourth-order valence-electron chi connectivity index (χ4n) is 1.40. The molecule has 66 valence electrons. The van der Waals surface area contributed by atoms with Crippen molar-refractivity contribution in [2.75, 3.05) is 0 Å². The zero-order valence-corrected chi connectivity index (χ0v) is 8.27. The largest absolute Gasteiger partial charge is 0.103 e. The first-order valence-corrected chi connectivity index (χ1v) is 4.83. The summed E-state index contributed by atoms with van der Waals surface area (Å²) in [5.41, 5.74) is 0. The maximum atomic E-state index is 3.79. The number of allylic oxidation sites excluding steroid dienone is 1. The van der Waals surface area contributed by atoms with Crippen molar-refractivity contribution in [2.45, 2.75) is 46.5 Å². The SMILES string of the molecule is C=CCC(CCCC)C(C)C. The molecule has 0 bridgehead atoms. The monoisotopic (exact) mass is 154 g/mol. The van der Waals surface area contributed by atoms with Crippen molar-refractivity contribution in [3.63, 3.8) is 0 Å². The summed E-state index contributed by atoms with van der Waals surface area (Å²) >= 11 is 0. The van der Waals surface area contributed by atoms with E-state index in [2.05, 4.69) is 33.4 Å². The van der Waals surface area contributed by atoms with Gasteiger partial charge in [0.2, 0.25) is 0 Å². The van der Waals surface area contributed by atoms with Crippen LogP contribution in [0.3, 0.4) is 0 Å². The van der Waals surface area contributed by atoms with Crippen molar-refractivity contribution >= 4 is 0 Å². The van der Waals surface area contributed by atoms with Gasteiger partial charge in [0, 0.05) is 0 Å². The van der Waals surface area contributed by atoms with Crippen LogP contribution in [-0.2, 0) is 0 Å².